The SMILES string of the molecule is COc1cc2cc(c1Cl)N(C)C(=O)CCC1(C)O[C@H]1[C@H](C)[C@@H]1C[C@](O)(C/C=C/C=C(\C)C2)NC(=O)O1. The first-order valence-corrected chi connectivity index (χ1v) is 12.7. The van der Waals surface area contributed by atoms with Crippen LogP contribution in [0.3, 0.4) is 0 Å². The lowest BCUT2D eigenvalue weighted by Crippen LogP contribution is -2.57. The number of hydrogen-bond acceptors (Lipinski definition) is 6. The van der Waals surface area contributed by atoms with E-state index in [9.17, 15) is 14.7 Å². The van der Waals surface area contributed by atoms with Crippen molar-refractivity contribution in [3.05, 3.63) is 46.5 Å². The van der Waals surface area contributed by atoms with Crippen LogP contribution in [0, 0.1) is 5.92 Å². The summed E-state index contributed by atoms with van der Waals surface area (Å²) in [5.41, 5.74) is 0.692. The lowest BCUT2D eigenvalue weighted by Gasteiger charge is -2.38. The Labute approximate surface area is 217 Å². The molecule has 2 amide bonds. The molecule has 1 aromatic carbocycles. The van der Waals surface area contributed by atoms with Crippen LogP contribution in [0.4, 0.5) is 10.5 Å². The van der Waals surface area contributed by atoms with Gasteiger partial charge in [-0.05, 0) is 44.4 Å². The van der Waals surface area contributed by atoms with Crippen LogP contribution in [-0.4, -0.2) is 54.8 Å². The van der Waals surface area contributed by atoms with Gasteiger partial charge in [0.25, 0.3) is 0 Å². The molecule has 3 aliphatic rings. The van der Waals surface area contributed by atoms with E-state index in [-0.39, 0.29) is 37.2 Å². The fourth-order valence-corrected chi connectivity index (χ4v) is 5.51. The molecule has 0 radical (unpaired) electrons. The zero-order valence-corrected chi connectivity index (χ0v) is 22.2. The largest absolute Gasteiger partial charge is 0.495 e. The summed E-state index contributed by atoms with van der Waals surface area (Å²) in [6, 6.07) is 3.79. The number of methoxy groups -OCH3 is 1. The molecule has 0 aliphatic carbocycles. The van der Waals surface area contributed by atoms with E-state index in [0.717, 1.165) is 11.1 Å². The van der Waals surface area contributed by atoms with Gasteiger partial charge in [-0.2, -0.15) is 0 Å². The zero-order chi connectivity index (χ0) is 26.3. The number of alkyl carbamates (subject to hydrolysis) is 1. The van der Waals surface area contributed by atoms with Crippen molar-refractivity contribution in [1.29, 1.82) is 0 Å². The number of carbonyl (C=O) groups excluding carboxylic acids is 2. The van der Waals surface area contributed by atoms with E-state index in [1.54, 1.807) is 19.1 Å². The highest BCUT2D eigenvalue weighted by Gasteiger charge is 2.58. The summed E-state index contributed by atoms with van der Waals surface area (Å²) < 4.78 is 17.0. The standard InChI is InChI=1S/C27H35ClN2O6/c1-16-8-6-7-10-27(33)15-21(35-25(32)29-27)17(2)24-26(3,36-24)11-9-22(31)30(4)19-13-18(12-16)14-20(34-5)23(19)28/h6-8,13-14,17,21,24,33H,9-12,15H2,1-5H3,(H,29,32)/b7-6+,16-8+/t17-,21+,24+,26?,27-/m1/s1. The van der Waals surface area contributed by atoms with Crippen LogP contribution in [0.2, 0.25) is 5.02 Å². The molecule has 196 valence electrons. The molecule has 9 heteroatoms. The molecule has 2 N–H and O–H groups in total. The molecule has 5 atom stereocenters. The molecule has 4 rings (SSSR count). The lowest BCUT2D eigenvalue weighted by atomic mass is 9.85. The zero-order valence-electron chi connectivity index (χ0n) is 21.5. The third-order valence-electron chi connectivity index (χ3n) is 7.46. The molecule has 0 saturated carbocycles. The Morgan fingerprint density at radius 3 is 2.78 bits per heavy atom. The maximum atomic E-state index is 13.2. The van der Waals surface area contributed by atoms with Crippen LogP contribution in [0.15, 0.2) is 35.9 Å². The van der Waals surface area contributed by atoms with Gasteiger partial charge in [-0.1, -0.05) is 42.3 Å². The average molecular weight is 519 g/mol. The molecule has 3 heterocycles. The smallest absolute Gasteiger partial charge is 0.409 e. The maximum absolute atomic E-state index is 13.2. The molecule has 8 nitrogen and oxygen atoms in total. The number of fused-ring (bicyclic) bond motifs is 5. The van der Waals surface area contributed by atoms with Gasteiger partial charge in [-0.25, -0.2) is 4.79 Å². The van der Waals surface area contributed by atoms with Crippen LogP contribution in [0.25, 0.3) is 0 Å². The quantitative estimate of drug-likeness (QED) is 0.530. The summed E-state index contributed by atoms with van der Waals surface area (Å²) in [5.74, 6) is 0.272. The van der Waals surface area contributed by atoms with Crippen molar-refractivity contribution in [2.24, 2.45) is 5.92 Å². The van der Waals surface area contributed by atoms with E-state index in [1.165, 1.54) is 0 Å². The molecular weight excluding hydrogens is 484 g/mol. The Balaban J connectivity index is 1.66. The number of rotatable bonds is 1. The fraction of sp³-hybridized carbons (Fsp3) is 0.556. The molecule has 1 unspecified atom stereocenters. The average Bonchev–Trinajstić information content (AvgIpc) is 3.50. The third-order valence-corrected chi connectivity index (χ3v) is 7.84. The Kier molecular flexibility index (Phi) is 7.42. The number of ether oxygens (including phenoxy) is 3. The van der Waals surface area contributed by atoms with Crippen molar-refractivity contribution in [3.8, 4) is 5.75 Å². The van der Waals surface area contributed by atoms with Crippen LogP contribution in [-0.2, 0) is 20.7 Å². The summed E-state index contributed by atoms with van der Waals surface area (Å²) in [6.45, 7) is 5.92. The molecule has 3 aliphatic heterocycles. The van der Waals surface area contributed by atoms with Crippen molar-refractivity contribution < 1.29 is 28.9 Å². The number of allylic oxidation sites excluding steroid dienone is 3. The number of nitrogens with zero attached hydrogens (tertiary/aromatic N) is 1. The van der Waals surface area contributed by atoms with Crippen LogP contribution >= 0.6 is 11.6 Å². The van der Waals surface area contributed by atoms with Crippen molar-refractivity contribution >= 4 is 29.3 Å². The number of carbonyl (C=O) groups is 2. The minimum absolute atomic E-state index is 0.0879. The van der Waals surface area contributed by atoms with E-state index >= 15 is 0 Å². The second-order valence-corrected chi connectivity index (χ2v) is 10.8. The highest BCUT2D eigenvalue weighted by Crippen LogP contribution is 2.47. The minimum atomic E-state index is -1.40. The van der Waals surface area contributed by atoms with Crippen molar-refractivity contribution in [1.82, 2.24) is 5.32 Å². The molecule has 4 bridgehead atoms. The first-order valence-electron chi connectivity index (χ1n) is 12.3. The molecular formula is C27H35ClN2O6. The van der Waals surface area contributed by atoms with Crippen LogP contribution < -0.4 is 15.0 Å². The Hall–Kier alpha value is -2.55. The highest BCUT2D eigenvalue weighted by atomic mass is 35.5. The Bertz CT molecular complexity index is 1100. The van der Waals surface area contributed by atoms with Crippen molar-refractivity contribution in [2.45, 2.75) is 76.4 Å². The number of halogens is 1. The van der Waals surface area contributed by atoms with Gasteiger partial charge in [0.1, 0.15) is 22.6 Å². The molecule has 0 aromatic heterocycles. The second kappa shape index (κ2) is 10.1. The Morgan fingerprint density at radius 1 is 1.31 bits per heavy atom. The summed E-state index contributed by atoms with van der Waals surface area (Å²) in [4.78, 5) is 27.0. The summed E-state index contributed by atoms with van der Waals surface area (Å²) in [7, 11) is 3.27. The number of hydrogen-bond donors (Lipinski definition) is 2. The van der Waals surface area contributed by atoms with Gasteiger partial charge in [0, 0.05) is 32.2 Å². The van der Waals surface area contributed by atoms with Gasteiger partial charge >= 0.3 is 6.09 Å². The van der Waals surface area contributed by atoms with Crippen molar-refractivity contribution in [2.75, 3.05) is 19.1 Å². The predicted molar refractivity (Wildman–Crippen MR) is 137 cm³/mol. The topological polar surface area (TPSA) is 101 Å². The number of epoxide rings is 1. The summed E-state index contributed by atoms with van der Waals surface area (Å²) in [6.07, 6.45) is 6.20. The van der Waals surface area contributed by atoms with E-state index in [0.29, 0.717) is 29.3 Å². The number of nitrogens with one attached hydrogen (secondary N) is 1. The van der Waals surface area contributed by atoms with E-state index < -0.39 is 23.5 Å². The van der Waals surface area contributed by atoms with Gasteiger partial charge in [-0.15, -0.1) is 0 Å². The van der Waals surface area contributed by atoms with E-state index in [2.05, 4.69) is 5.32 Å². The predicted octanol–water partition coefficient (Wildman–Crippen LogP) is 4.52. The number of amides is 2. The highest BCUT2D eigenvalue weighted by molar-refractivity contribution is 6.35. The van der Waals surface area contributed by atoms with Gasteiger partial charge in [0.05, 0.1) is 24.5 Å². The molecule has 2 fully saturated rings. The lowest BCUT2D eigenvalue weighted by molar-refractivity contribution is -0.118. The normalized spacial score (nSPS) is 35.6. The molecule has 0 spiro atoms. The number of anilines is 1. The van der Waals surface area contributed by atoms with Crippen LogP contribution in [0.5, 0.6) is 5.75 Å². The number of aliphatic hydroxyl groups is 1. The maximum Gasteiger partial charge on any atom is 0.409 e. The van der Waals surface area contributed by atoms with E-state index in [4.69, 9.17) is 25.8 Å². The van der Waals surface area contributed by atoms with Gasteiger partial charge in [0.2, 0.25) is 5.91 Å². The molecule has 36 heavy (non-hydrogen) atoms. The first kappa shape index (κ1) is 26.5. The third kappa shape index (κ3) is 5.56. The first-order chi connectivity index (χ1) is 16.9. The summed E-state index contributed by atoms with van der Waals surface area (Å²) in [5, 5.41) is 14.0. The van der Waals surface area contributed by atoms with Gasteiger partial charge in [-0.3, -0.25) is 10.1 Å². The molecule has 2 saturated heterocycles. The minimum Gasteiger partial charge on any atom is -0.495 e. The Morgan fingerprint density at radius 2 is 2.06 bits per heavy atom. The monoisotopic (exact) mass is 518 g/mol. The van der Waals surface area contributed by atoms with E-state index in [1.807, 2.05) is 51.1 Å². The van der Waals surface area contributed by atoms with Crippen LogP contribution in [0.1, 0.15) is 52.0 Å². The number of benzene rings is 1. The second-order valence-electron chi connectivity index (χ2n) is 10.4. The van der Waals surface area contributed by atoms with Gasteiger partial charge in [0.15, 0.2) is 0 Å². The van der Waals surface area contributed by atoms with Gasteiger partial charge < -0.3 is 24.2 Å². The molecule has 1 aromatic rings. The summed E-state index contributed by atoms with van der Waals surface area (Å²) >= 11 is 6.59. The fourth-order valence-electron chi connectivity index (χ4n) is 5.19. The van der Waals surface area contributed by atoms with Crippen molar-refractivity contribution in [3.63, 3.8) is 0 Å².